The van der Waals surface area contributed by atoms with Gasteiger partial charge in [0, 0.05) is 9.50 Å². The number of hydrogen-bond acceptors (Lipinski definition) is 4. The summed E-state index contributed by atoms with van der Waals surface area (Å²) in [4.78, 5) is 12.1. The van der Waals surface area contributed by atoms with Crippen LogP contribution in [0.2, 0.25) is 5.02 Å². The van der Waals surface area contributed by atoms with Crippen LogP contribution in [0.15, 0.2) is 70.2 Å². The summed E-state index contributed by atoms with van der Waals surface area (Å²) in [5.74, 6) is 1.10. The summed E-state index contributed by atoms with van der Waals surface area (Å²) in [7, 11) is 0. The predicted molar refractivity (Wildman–Crippen MR) is 140 cm³/mol. The van der Waals surface area contributed by atoms with E-state index in [1.165, 1.54) is 0 Å². The summed E-state index contributed by atoms with van der Waals surface area (Å²) < 4.78 is 13.7. The number of carbonyl (C=O) groups is 1. The number of hydrazone groups is 1. The average Bonchev–Trinajstić information content (AvgIpc) is 2.76. The first-order chi connectivity index (χ1) is 15.4. The summed E-state index contributed by atoms with van der Waals surface area (Å²) in [5, 5.41) is 4.77. The van der Waals surface area contributed by atoms with Gasteiger partial charge < -0.3 is 9.47 Å². The van der Waals surface area contributed by atoms with Crippen molar-refractivity contribution in [1.29, 1.82) is 0 Å². The maximum atomic E-state index is 12.1. The molecule has 1 N–H and O–H groups in total. The van der Waals surface area contributed by atoms with E-state index in [1.807, 2.05) is 67.6 Å². The van der Waals surface area contributed by atoms with Crippen LogP contribution in [-0.4, -0.2) is 18.7 Å². The van der Waals surface area contributed by atoms with E-state index in [0.717, 1.165) is 24.7 Å². The van der Waals surface area contributed by atoms with Crippen LogP contribution in [0.4, 0.5) is 0 Å². The fourth-order valence-corrected chi connectivity index (χ4v) is 3.98. The summed E-state index contributed by atoms with van der Waals surface area (Å²) in [5.41, 5.74) is 5.28. The van der Waals surface area contributed by atoms with Gasteiger partial charge in [-0.1, -0.05) is 51.8 Å². The number of benzene rings is 3. The lowest BCUT2D eigenvalue weighted by molar-refractivity contribution is -0.120. The van der Waals surface area contributed by atoms with Crippen LogP contribution in [0.3, 0.4) is 0 Å². The number of amides is 1. The van der Waals surface area contributed by atoms with E-state index in [2.05, 4.69) is 49.0 Å². The van der Waals surface area contributed by atoms with Crippen molar-refractivity contribution in [1.82, 2.24) is 5.43 Å². The van der Waals surface area contributed by atoms with Gasteiger partial charge in [0.15, 0.2) is 11.5 Å². The molecule has 0 bridgehead atoms. The van der Waals surface area contributed by atoms with Gasteiger partial charge in [0.05, 0.1) is 22.8 Å². The van der Waals surface area contributed by atoms with Crippen molar-refractivity contribution >= 4 is 62.2 Å². The third-order valence-corrected chi connectivity index (χ3v) is 5.89. The molecule has 0 unspecified atom stereocenters. The quantitative estimate of drug-likeness (QED) is 0.170. The molecule has 32 heavy (non-hydrogen) atoms. The standard InChI is InChI=1S/C24H21BrClIN2O3/c1-2-31-22-12-18(14-28-29-23(30)13-16-3-7-19(25)8-4-16)11-21(27)24(22)32-15-17-5-9-20(26)10-6-17/h3-12,14H,2,13,15H2,1H3,(H,29,30)/b28-14+. The van der Waals surface area contributed by atoms with E-state index in [4.69, 9.17) is 21.1 Å². The first-order valence-electron chi connectivity index (χ1n) is 9.84. The maximum absolute atomic E-state index is 12.1. The Labute approximate surface area is 214 Å². The number of hydrogen-bond donors (Lipinski definition) is 1. The normalized spacial score (nSPS) is 10.9. The summed E-state index contributed by atoms with van der Waals surface area (Å²) in [6.07, 6.45) is 1.84. The summed E-state index contributed by atoms with van der Waals surface area (Å²) in [6, 6.07) is 18.9. The second kappa shape index (κ2) is 12.2. The van der Waals surface area contributed by atoms with Gasteiger partial charge in [-0.2, -0.15) is 5.10 Å². The third kappa shape index (κ3) is 7.50. The van der Waals surface area contributed by atoms with Crippen molar-refractivity contribution in [2.24, 2.45) is 5.10 Å². The molecule has 3 rings (SSSR count). The minimum atomic E-state index is -0.189. The molecule has 0 radical (unpaired) electrons. The molecule has 0 heterocycles. The summed E-state index contributed by atoms with van der Waals surface area (Å²) >= 11 is 11.5. The van der Waals surface area contributed by atoms with Gasteiger partial charge in [-0.3, -0.25) is 4.79 Å². The molecular weight excluding hydrogens is 607 g/mol. The van der Waals surface area contributed by atoms with E-state index in [-0.39, 0.29) is 12.3 Å². The van der Waals surface area contributed by atoms with Crippen molar-refractivity contribution in [2.75, 3.05) is 6.61 Å². The van der Waals surface area contributed by atoms with Crippen molar-refractivity contribution in [3.05, 3.63) is 90.4 Å². The Hall–Kier alpha value is -2.10. The minimum Gasteiger partial charge on any atom is -0.490 e. The molecule has 0 atom stereocenters. The molecule has 0 saturated carbocycles. The molecule has 0 aliphatic rings. The van der Waals surface area contributed by atoms with Crippen molar-refractivity contribution < 1.29 is 14.3 Å². The molecule has 8 heteroatoms. The molecule has 1 amide bonds. The van der Waals surface area contributed by atoms with Crippen molar-refractivity contribution in [3.63, 3.8) is 0 Å². The zero-order valence-electron chi connectivity index (χ0n) is 17.3. The fourth-order valence-electron chi connectivity index (χ4n) is 2.81. The van der Waals surface area contributed by atoms with E-state index in [1.54, 1.807) is 6.21 Å². The number of nitrogens with one attached hydrogen (secondary N) is 1. The molecule has 0 aliphatic heterocycles. The zero-order valence-corrected chi connectivity index (χ0v) is 21.8. The van der Waals surface area contributed by atoms with Gasteiger partial charge in [-0.15, -0.1) is 0 Å². The Bertz CT molecular complexity index is 1090. The number of ether oxygens (including phenoxy) is 2. The van der Waals surface area contributed by atoms with Crippen LogP contribution in [0.1, 0.15) is 23.6 Å². The molecular formula is C24H21BrClIN2O3. The third-order valence-electron chi connectivity index (χ3n) is 4.31. The predicted octanol–water partition coefficient (Wildman–Crippen LogP) is 6.38. The Morgan fingerprint density at radius 2 is 1.78 bits per heavy atom. The zero-order chi connectivity index (χ0) is 22.9. The fraction of sp³-hybridized carbons (Fsp3) is 0.167. The smallest absolute Gasteiger partial charge is 0.244 e. The highest BCUT2D eigenvalue weighted by atomic mass is 127. The molecule has 0 aliphatic carbocycles. The SMILES string of the molecule is CCOc1cc(/C=N/NC(=O)Cc2ccc(Br)cc2)cc(I)c1OCc1ccc(Cl)cc1. The van der Waals surface area contributed by atoms with Crippen LogP contribution < -0.4 is 14.9 Å². The number of nitrogens with zero attached hydrogens (tertiary/aromatic N) is 1. The Kier molecular flexibility index (Phi) is 9.37. The minimum absolute atomic E-state index is 0.189. The number of rotatable bonds is 9. The van der Waals surface area contributed by atoms with Crippen molar-refractivity contribution in [3.8, 4) is 11.5 Å². The first-order valence-corrected chi connectivity index (χ1v) is 12.1. The van der Waals surface area contributed by atoms with Crippen LogP contribution in [0, 0.1) is 3.57 Å². The Balaban J connectivity index is 1.65. The van der Waals surface area contributed by atoms with Crippen LogP contribution in [0.25, 0.3) is 0 Å². The van der Waals surface area contributed by atoms with Crippen LogP contribution >= 0.6 is 50.1 Å². The largest absolute Gasteiger partial charge is 0.490 e. The van der Waals surface area contributed by atoms with Gasteiger partial charge in [-0.05, 0) is 82.6 Å². The van der Waals surface area contributed by atoms with Crippen LogP contribution in [0.5, 0.6) is 11.5 Å². The van der Waals surface area contributed by atoms with E-state index < -0.39 is 0 Å². The monoisotopic (exact) mass is 626 g/mol. The molecule has 0 saturated heterocycles. The second-order valence-electron chi connectivity index (χ2n) is 6.77. The lowest BCUT2D eigenvalue weighted by Crippen LogP contribution is -2.19. The lowest BCUT2D eigenvalue weighted by Gasteiger charge is -2.15. The Morgan fingerprint density at radius 1 is 1.09 bits per heavy atom. The Morgan fingerprint density at radius 3 is 2.47 bits per heavy atom. The molecule has 5 nitrogen and oxygen atoms in total. The van der Waals surface area contributed by atoms with E-state index in [0.29, 0.717) is 29.7 Å². The molecule has 0 spiro atoms. The highest BCUT2D eigenvalue weighted by Gasteiger charge is 2.12. The number of carbonyl (C=O) groups excluding carboxylic acids is 1. The first kappa shape index (κ1) is 24.5. The van der Waals surface area contributed by atoms with Gasteiger partial charge in [0.25, 0.3) is 0 Å². The molecule has 0 aromatic heterocycles. The molecule has 3 aromatic rings. The van der Waals surface area contributed by atoms with Gasteiger partial charge in [0.2, 0.25) is 5.91 Å². The second-order valence-corrected chi connectivity index (χ2v) is 9.29. The van der Waals surface area contributed by atoms with Gasteiger partial charge in [-0.25, -0.2) is 5.43 Å². The maximum Gasteiger partial charge on any atom is 0.244 e. The topological polar surface area (TPSA) is 59.9 Å². The van der Waals surface area contributed by atoms with E-state index in [9.17, 15) is 4.79 Å². The van der Waals surface area contributed by atoms with E-state index >= 15 is 0 Å². The van der Waals surface area contributed by atoms with Crippen LogP contribution in [-0.2, 0) is 17.8 Å². The summed E-state index contributed by atoms with van der Waals surface area (Å²) in [6.45, 7) is 2.81. The lowest BCUT2D eigenvalue weighted by atomic mass is 10.1. The molecule has 3 aromatic carbocycles. The van der Waals surface area contributed by atoms with Crippen molar-refractivity contribution in [2.45, 2.75) is 20.0 Å². The average molecular weight is 628 g/mol. The highest BCUT2D eigenvalue weighted by molar-refractivity contribution is 14.1. The number of halogens is 3. The highest BCUT2D eigenvalue weighted by Crippen LogP contribution is 2.34. The molecule has 166 valence electrons. The van der Waals surface area contributed by atoms with Gasteiger partial charge in [0.1, 0.15) is 6.61 Å². The molecule has 0 fully saturated rings. The van der Waals surface area contributed by atoms with Gasteiger partial charge >= 0.3 is 0 Å².